The van der Waals surface area contributed by atoms with Gasteiger partial charge in [-0.1, -0.05) is 29.8 Å². The maximum Gasteiger partial charge on any atom is 0.245 e. The maximum atomic E-state index is 12.6. The van der Waals surface area contributed by atoms with Crippen molar-refractivity contribution < 1.29 is 4.79 Å². The highest BCUT2D eigenvalue weighted by molar-refractivity contribution is 6.31. The molecule has 1 saturated heterocycles. The van der Waals surface area contributed by atoms with Crippen molar-refractivity contribution in [3.05, 3.63) is 47.1 Å². The van der Waals surface area contributed by atoms with E-state index in [0.717, 1.165) is 48.9 Å². The predicted molar refractivity (Wildman–Crippen MR) is 99.6 cm³/mol. The summed E-state index contributed by atoms with van der Waals surface area (Å²) in [5.41, 5.74) is 0.510. The lowest BCUT2D eigenvalue weighted by atomic mass is 9.86. The molecule has 134 valence electrons. The highest BCUT2D eigenvalue weighted by Crippen LogP contribution is 2.29. The van der Waals surface area contributed by atoms with Crippen LogP contribution in [0.4, 0.5) is 5.82 Å². The predicted octanol–water partition coefficient (Wildman–Crippen LogP) is 2.27. The van der Waals surface area contributed by atoms with E-state index in [4.69, 9.17) is 11.6 Å². The molecular weight excluding hydrogens is 338 g/mol. The van der Waals surface area contributed by atoms with E-state index in [1.54, 1.807) is 17.9 Å². The summed E-state index contributed by atoms with van der Waals surface area (Å²) in [6.45, 7) is 2.45. The molecule has 0 spiro atoms. The summed E-state index contributed by atoms with van der Waals surface area (Å²) in [4.78, 5) is 14.9. The van der Waals surface area contributed by atoms with E-state index < -0.39 is 5.54 Å². The van der Waals surface area contributed by atoms with Crippen molar-refractivity contribution >= 4 is 23.3 Å². The highest BCUT2D eigenvalue weighted by atomic mass is 35.5. The number of carbonyl (C=O) groups excluding carboxylic acids is 1. The van der Waals surface area contributed by atoms with Crippen LogP contribution in [-0.4, -0.2) is 46.3 Å². The van der Waals surface area contributed by atoms with Gasteiger partial charge in [-0.15, -0.1) is 0 Å². The monoisotopic (exact) mass is 361 g/mol. The average Bonchev–Trinajstić information content (AvgIpc) is 3.02. The fourth-order valence-electron chi connectivity index (χ4n) is 3.35. The molecule has 0 bridgehead atoms. The smallest absolute Gasteiger partial charge is 0.245 e. The molecule has 0 aliphatic carbocycles. The van der Waals surface area contributed by atoms with Crippen LogP contribution in [0.25, 0.3) is 0 Å². The van der Waals surface area contributed by atoms with E-state index >= 15 is 0 Å². The molecule has 1 amide bonds. The van der Waals surface area contributed by atoms with Crippen LogP contribution < -0.4 is 10.6 Å². The molecule has 0 unspecified atom stereocenters. The van der Waals surface area contributed by atoms with Gasteiger partial charge in [-0.3, -0.25) is 14.4 Å². The van der Waals surface area contributed by atoms with Crippen LogP contribution in [0.5, 0.6) is 0 Å². The Balaban J connectivity index is 1.70. The molecule has 7 heteroatoms. The number of nitrogens with one attached hydrogen (secondary N) is 2. The van der Waals surface area contributed by atoms with E-state index in [1.807, 2.05) is 31.3 Å². The Labute approximate surface area is 153 Å². The molecule has 1 aliphatic heterocycles. The SMILES string of the molecule is CNC(=O)C1(Nc2ccnn2C)CCN(Cc2ccccc2Cl)CC1. The number of amides is 1. The van der Waals surface area contributed by atoms with Gasteiger partial charge < -0.3 is 10.6 Å². The third kappa shape index (κ3) is 3.80. The third-order valence-electron chi connectivity index (χ3n) is 4.91. The number of hydrogen-bond donors (Lipinski definition) is 2. The quantitative estimate of drug-likeness (QED) is 0.857. The Kier molecular flexibility index (Phi) is 5.30. The van der Waals surface area contributed by atoms with Gasteiger partial charge in [-0.2, -0.15) is 5.10 Å². The van der Waals surface area contributed by atoms with Crippen LogP contribution in [0, 0.1) is 0 Å². The van der Waals surface area contributed by atoms with E-state index in [0.29, 0.717) is 0 Å². The van der Waals surface area contributed by atoms with Crippen LogP contribution in [0.15, 0.2) is 36.5 Å². The number of piperidine rings is 1. The number of anilines is 1. The number of nitrogens with zero attached hydrogens (tertiary/aromatic N) is 3. The van der Waals surface area contributed by atoms with Crippen LogP contribution in [0.2, 0.25) is 5.02 Å². The van der Waals surface area contributed by atoms with Gasteiger partial charge >= 0.3 is 0 Å². The van der Waals surface area contributed by atoms with Crippen LogP contribution in [0.1, 0.15) is 18.4 Å². The summed E-state index contributed by atoms with van der Waals surface area (Å²) in [6.07, 6.45) is 3.18. The largest absolute Gasteiger partial charge is 0.357 e. The first kappa shape index (κ1) is 17.8. The van der Waals surface area contributed by atoms with Crippen LogP contribution in [-0.2, 0) is 18.4 Å². The summed E-state index contributed by atoms with van der Waals surface area (Å²) in [5, 5.41) is 11.2. The Hall–Kier alpha value is -2.05. The van der Waals surface area contributed by atoms with Crippen molar-refractivity contribution in [2.24, 2.45) is 7.05 Å². The van der Waals surface area contributed by atoms with Gasteiger partial charge in [0.1, 0.15) is 11.4 Å². The summed E-state index contributed by atoms with van der Waals surface area (Å²) in [5.74, 6) is 0.870. The number of hydrogen-bond acceptors (Lipinski definition) is 4. The van der Waals surface area contributed by atoms with Crippen LogP contribution >= 0.6 is 11.6 Å². The van der Waals surface area contributed by atoms with Crippen molar-refractivity contribution in [3.63, 3.8) is 0 Å². The number of likely N-dealkylation sites (tertiary alicyclic amines) is 1. The zero-order valence-corrected chi connectivity index (χ0v) is 15.4. The average molecular weight is 362 g/mol. The Morgan fingerprint density at radius 3 is 2.60 bits per heavy atom. The molecule has 0 radical (unpaired) electrons. The van der Waals surface area contributed by atoms with Gasteiger partial charge in [0.2, 0.25) is 5.91 Å². The summed E-state index contributed by atoms with van der Waals surface area (Å²) >= 11 is 6.27. The molecular formula is C18H24ClN5O. The lowest BCUT2D eigenvalue weighted by Crippen LogP contribution is -2.57. The van der Waals surface area contributed by atoms with Gasteiger partial charge in [0.25, 0.3) is 0 Å². The van der Waals surface area contributed by atoms with E-state index in [9.17, 15) is 4.79 Å². The maximum absolute atomic E-state index is 12.6. The molecule has 0 saturated carbocycles. The third-order valence-corrected chi connectivity index (χ3v) is 5.28. The van der Waals surface area contributed by atoms with Gasteiger partial charge in [0, 0.05) is 44.8 Å². The van der Waals surface area contributed by atoms with E-state index in [2.05, 4.69) is 26.7 Å². The van der Waals surface area contributed by atoms with Crippen molar-refractivity contribution in [1.29, 1.82) is 0 Å². The van der Waals surface area contributed by atoms with E-state index in [-0.39, 0.29) is 5.91 Å². The molecule has 1 fully saturated rings. The second kappa shape index (κ2) is 7.45. The minimum absolute atomic E-state index is 0.0195. The summed E-state index contributed by atoms with van der Waals surface area (Å²) in [7, 11) is 3.55. The van der Waals surface area contributed by atoms with Gasteiger partial charge in [0.05, 0.1) is 6.20 Å². The molecule has 3 rings (SSSR count). The fourth-order valence-corrected chi connectivity index (χ4v) is 3.55. The number of aryl methyl sites for hydroxylation is 1. The number of aromatic nitrogens is 2. The lowest BCUT2D eigenvalue weighted by molar-refractivity contribution is -0.126. The normalized spacial score (nSPS) is 17.2. The Morgan fingerprint density at radius 1 is 1.28 bits per heavy atom. The van der Waals surface area contributed by atoms with Gasteiger partial charge in [-0.25, -0.2) is 0 Å². The molecule has 2 N–H and O–H groups in total. The molecule has 25 heavy (non-hydrogen) atoms. The Morgan fingerprint density at radius 2 is 2.00 bits per heavy atom. The van der Waals surface area contributed by atoms with Crippen molar-refractivity contribution in [2.75, 3.05) is 25.5 Å². The molecule has 2 heterocycles. The fraction of sp³-hybridized carbons (Fsp3) is 0.444. The number of rotatable bonds is 5. The zero-order chi connectivity index (χ0) is 17.9. The molecule has 1 aromatic carbocycles. The lowest BCUT2D eigenvalue weighted by Gasteiger charge is -2.41. The minimum atomic E-state index is -0.612. The molecule has 0 atom stereocenters. The molecule has 1 aromatic heterocycles. The second-order valence-electron chi connectivity index (χ2n) is 6.49. The second-order valence-corrected chi connectivity index (χ2v) is 6.90. The Bertz CT molecular complexity index is 737. The topological polar surface area (TPSA) is 62.2 Å². The standard InChI is InChI=1S/C18H24ClN5O/c1-20-17(25)18(22-16-7-10-21-23(16)2)8-11-24(12-9-18)13-14-5-3-4-6-15(14)19/h3-7,10,22H,8-9,11-13H2,1-2H3,(H,20,25). The summed E-state index contributed by atoms with van der Waals surface area (Å²) in [6, 6.07) is 9.80. The van der Waals surface area contributed by atoms with Gasteiger partial charge in [0.15, 0.2) is 0 Å². The first-order valence-electron chi connectivity index (χ1n) is 8.48. The van der Waals surface area contributed by atoms with Crippen LogP contribution in [0.3, 0.4) is 0 Å². The first-order valence-corrected chi connectivity index (χ1v) is 8.86. The number of benzene rings is 1. The zero-order valence-electron chi connectivity index (χ0n) is 14.6. The van der Waals surface area contributed by atoms with Gasteiger partial charge in [-0.05, 0) is 24.5 Å². The number of likely N-dealkylation sites (N-methyl/N-ethyl adjacent to an activating group) is 1. The van der Waals surface area contributed by atoms with Crippen molar-refractivity contribution in [2.45, 2.75) is 24.9 Å². The molecule has 1 aliphatic rings. The van der Waals surface area contributed by atoms with Crippen molar-refractivity contribution in [3.8, 4) is 0 Å². The number of halogens is 1. The summed E-state index contributed by atoms with van der Waals surface area (Å²) < 4.78 is 1.75. The first-order chi connectivity index (χ1) is 12.0. The van der Waals surface area contributed by atoms with E-state index in [1.165, 1.54) is 0 Å². The highest BCUT2D eigenvalue weighted by Gasteiger charge is 2.41. The minimum Gasteiger partial charge on any atom is -0.357 e. The number of carbonyl (C=O) groups is 1. The molecule has 6 nitrogen and oxygen atoms in total. The van der Waals surface area contributed by atoms with Crippen molar-refractivity contribution in [1.82, 2.24) is 20.0 Å². The molecule has 2 aromatic rings.